The number of sulfonamides is 1. The zero-order valence-electron chi connectivity index (χ0n) is 23.4. The van der Waals surface area contributed by atoms with Crippen molar-refractivity contribution in [3.63, 3.8) is 0 Å². The number of carbonyl (C=O) groups is 2. The smallest absolute Gasteiger partial charge is 0.243 e. The van der Waals surface area contributed by atoms with E-state index in [1.165, 1.54) is 10.6 Å². The molecule has 0 aromatic heterocycles. The fourth-order valence-corrected chi connectivity index (χ4v) is 5.21. The average Bonchev–Trinajstić information content (AvgIpc) is 2.82. The first-order valence-corrected chi connectivity index (χ1v) is 14.9. The predicted octanol–water partition coefficient (Wildman–Crippen LogP) is 4.88. The van der Waals surface area contributed by atoms with Crippen molar-refractivity contribution in [2.24, 2.45) is 0 Å². The summed E-state index contributed by atoms with van der Waals surface area (Å²) in [7, 11) is -3.53. The van der Waals surface area contributed by atoms with Crippen LogP contribution in [0.1, 0.15) is 68.7 Å². The number of nitrogens with zero attached hydrogens (tertiary/aromatic N) is 2. The highest BCUT2D eigenvalue weighted by Gasteiger charge is 2.29. The Kier molecular flexibility index (Phi) is 11.2. The summed E-state index contributed by atoms with van der Waals surface area (Å²) in [5, 5.41) is 3.02. The number of amides is 2. The summed E-state index contributed by atoms with van der Waals surface area (Å²) in [6.07, 6.45) is 2.94. The van der Waals surface area contributed by atoms with E-state index in [0.717, 1.165) is 28.7 Å². The number of nitrogens with one attached hydrogen (secondary N) is 1. The monoisotopic (exact) mass is 529 g/mol. The van der Waals surface area contributed by atoms with E-state index < -0.39 is 16.1 Å². The van der Waals surface area contributed by atoms with Crippen molar-refractivity contribution in [3.8, 4) is 0 Å². The van der Waals surface area contributed by atoms with Crippen LogP contribution in [0.2, 0.25) is 0 Å². The molecule has 0 bridgehead atoms. The number of anilines is 1. The molecule has 2 rings (SSSR count). The standard InChI is InChI=1S/C29H43N3O4S/c1-8-24(6)30-29(34)27(9-2)31(20-25-13-10-12-21(3)18-25)28(33)14-11-17-32(37(7,35)36)26-16-15-22(4)23(5)19-26/h10,12-13,15-16,18-19,24,27H,8-9,11,14,17,20H2,1-7H3,(H,30,34)/t24-,27-/m0/s1. The van der Waals surface area contributed by atoms with Gasteiger partial charge >= 0.3 is 0 Å². The normalized spacial score (nSPS) is 13.1. The molecule has 0 heterocycles. The van der Waals surface area contributed by atoms with Gasteiger partial charge < -0.3 is 10.2 Å². The molecule has 7 nitrogen and oxygen atoms in total. The third-order valence-electron chi connectivity index (χ3n) is 6.75. The molecule has 0 saturated heterocycles. The number of hydrogen-bond donors (Lipinski definition) is 1. The molecule has 2 aromatic rings. The molecule has 0 fully saturated rings. The van der Waals surface area contributed by atoms with Crippen molar-refractivity contribution < 1.29 is 18.0 Å². The Morgan fingerprint density at radius 3 is 2.24 bits per heavy atom. The van der Waals surface area contributed by atoms with Crippen LogP contribution in [-0.4, -0.2) is 50.0 Å². The molecule has 0 saturated carbocycles. The summed E-state index contributed by atoms with van der Waals surface area (Å²) >= 11 is 0. The van der Waals surface area contributed by atoms with Crippen LogP contribution in [0.4, 0.5) is 5.69 Å². The number of carbonyl (C=O) groups excluding carboxylic acids is 2. The summed E-state index contributed by atoms with van der Waals surface area (Å²) in [6.45, 7) is 12.3. The van der Waals surface area contributed by atoms with E-state index in [-0.39, 0.29) is 30.8 Å². The van der Waals surface area contributed by atoms with Crippen molar-refractivity contribution in [2.75, 3.05) is 17.1 Å². The van der Waals surface area contributed by atoms with E-state index in [1.54, 1.807) is 11.0 Å². The summed E-state index contributed by atoms with van der Waals surface area (Å²) in [5.74, 6) is -0.327. The molecule has 0 aliphatic heterocycles. The molecular weight excluding hydrogens is 486 g/mol. The highest BCUT2D eigenvalue weighted by molar-refractivity contribution is 7.92. The maximum absolute atomic E-state index is 13.5. The van der Waals surface area contributed by atoms with Crippen molar-refractivity contribution >= 4 is 27.5 Å². The van der Waals surface area contributed by atoms with Gasteiger partial charge in [0, 0.05) is 25.6 Å². The largest absolute Gasteiger partial charge is 0.352 e. The van der Waals surface area contributed by atoms with E-state index in [4.69, 9.17) is 0 Å². The van der Waals surface area contributed by atoms with Gasteiger partial charge in [0.05, 0.1) is 11.9 Å². The van der Waals surface area contributed by atoms with E-state index in [2.05, 4.69) is 5.32 Å². The highest BCUT2D eigenvalue weighted by Crippen LogP contribution is 2.22. The molecule has 0 aliphatic carbocycles. The zero-order valence-corrected chi connectivity index (χ0v) is 24.2. The lowest BCUT2D eigenvalue weighted by Gasteiger charge is -2.32. The van der Waals surface area contributed by atoms with E-state index in [9.17, 15) is 18.0 Å². The zero-order chi connectivity index (χ0) is 27.8. The highest BCUT2D eigenvalue weighted by atomic mass is 32.2. The van der Waals surface area contributed by atoms with Gasteiger partial charge in [-0.15, -0.1) is 0 Å². The maximum Gasteiger partial charge on any atom is 0.243 e. The molecule has 0 spiro atoms. The molecule has 0 aliphatic rings. The topological polar surface area (TPSA) is 86.8 Å². The number of rotatable bonds is 13. The second kappa shape index (κ2) is 13.6. The van der Waals surface area contributed by atoms with Gasteiger partial charge in [0.15, 0.2) is 0 Å². The summed E-state index contributed by atoms with van der Waals surface area (Å²) in [4.78, 5) is 28.3. The summed E-state index contributed by atoms with van der Waals surface area (Å²) < 4.78 is 26.5. The Morgan fingerprint density at radius 1 is 0.973 bits per heavy atom. The van der Waals surface area contributed by atoms with Crippen LogP contribution in [0, 0.1) is 20.8 Å². The number of aryl methyl sites for hydroxylation is 3. The van der Waals surface area contributed by atoms with Crippen LogP contribution in [0.25, 0.3) is 0 Å². The van der Waals surface area contributed by atoms with Crippen LogP contribution in [-0.2, 0) is 26.2 Å². The molecule has 2 aromatic carbocycles. The molecule has 1 N–H and O–H groups in total. The molecule has 0 unspecified atom stereocenters. The van der Waals surface area contributed by atoms with Crippen molar-refractivity contribution in [1.29, 1.82) is 0 Å². The minimum Gasteiger partial charge on any atom is -0.352 e. The van der Waals surface area contributed by atoms with E-state index in [1.807, 2.05) is 77.9 Å². The fourth-order valence-electron chi connectivity index (χ4n) is 4.25. The van der Waals surface area contributed by atoms with Gasteiger partial charge in [-0.05, 0) is 75.8 Å². The molecule has 2 amide bonds. The predicted molar refractivity (Wildman–Crippen MR) is 151 cm³/mol. The van der Waals surface area contributed by atoms with Gasteiger partial charge in [0.2, 0.25) is 21.8 Å². The maximum atomic E-state index is 13.5. The molecule has 0 radical (unpaired) electrons. The Balaban J connectivity index is 2.24. The summed E-state index contributed by atoms with van der Waals surface area (Å²) in [6, 6.07) is 12.9. The first-order valence-electron chi connectivity index (χ1n) is 13.1. The average molecular weight is 530 g/mol. The van der Waals surface area contributed by atoms with Gasteiger partial charge in [-0.3, -0.25) is 13.9 Å². The van der Waals surface area contributed by atoms with Crippen molar-refractivity contribution in [1.82, 2.24) is 10.2 Å². The van der Waals surface area contributed by atoms with Crippen LogP contribution < -0.4 is 9.62 Å². The minimum absolute atomic E-state index is 0.0127. The Hall–Kier alpha value is -2.87. The van der Waals surface area contributed by atoms with Crippen LogP contribution >= 0.6 is 0 Å². The van der Waals surface area contributed by atoms with Gasteiger partial charge in [-0.2, -0.15) is 0 Å². The van der Waals surface area contributed by atoms with Crippen molar-refractivity contribution in [3.05, 3.63) is 64.7 Å². The molecule has 2 atom stereocenters. The third-order valence-corrected chi connectivity index (χ3v) is 7.95. The van der Waals surface area contributed by atoms with E-state index >= 15 is 0 Å². The van der Waals surface area contributed by atoms with Crippen LogP contribution in [0.15, 0.2) is 42.5 Å². The van der Waals surface area contributed by atoms with Crippen molar-refractivity contribution in [2.45, 2.75) is 85.9 Å². The van der Waals surface area contributed by atoms with Gasteiger partial charge in [-0.1, -0.05) is 49.7 Å². The fraction of sp³-hybridized carbons (Fsp3) is 0.517. The van der Waals surface area contributed by atoms with Crippen LogP contribution in [0.5, 0.6) is 0 Å². The molecule has 8 heteroatoms. The number of hydrogen-bond acceptors (Lipinski definition) is 4. The van der Waals surface area contributed by atoms with Gasteiger partial charge in [0.25, 0.3) is 0 Å². The molecule has 37 heavy (non-hydrogen) atoms. The van der Waals surface area contributed by atoms with Gasteiger partial charge in [-0.25, -0.2) is 8.42 Å². The first kappa shape index (κ1) is 30.4. The second-order valence-electron chi connectivity index (χ2n) is 9.96. The molecule has 204 valence electrons. The number of benzene rings is 2. The lowest BCUT2D eigenvalue weighted by atomic mass is 10.1. The Morgan fingerprint density at radius 2 is 1.68 bits per heavy atom. The van der Waals surface area contributed by atoms with Crippen LogP contribution in [0.3, 0.4) is 0 Å². The van der Waals surface area contributed by atoms with Gasteiger partial charge in [0.1, 0.15) is 6.04 Å². The van der Waals surface area contributed by atoms with E-state index in [0.29, 0.717) is 25.1 Å². The SMILES string of the molecule is CC[C@H](C)NC(=O)[C@H](CC)N(Cc1cccc(C)c1)C(=O)CCCN(c1ccc(C)c(C)c1)S(C)(=O)=O. The minimum atomic E-state index is -3.53. The first-order chi connectivity index (χ1) is 17.4. The second-order valence-corrected chi connectivity index (χ2v) is 11.9. The lowest BCUT2D eigenvalue weighted by molar-refractivity contribution is -0.141. The quantitative estimate of drug-likeness (QED) is 0.401. The Bertz CT molecular complexity index is 1180. The Labute approximate surface area is 223 Å². The molecular formula is C29H43N3O4S. The summed E-state index contributed by atoms with van der Waals surface area (Å²) in [5.41, 5.74) is 4.72. The lowest BCUT2D eigenvalue weighted by Crippen LogP contribution is -2.50. The third kappa shape index (κ3) is 8.88.